The summed E-state index contributed by atoms with van der Waals surface area (Å²) in [5, 5.41) is 11.3. The molecule has 20 heavy (non-hydrogen) atoms. The van der Waals surface area contributed by atoms with Crippen molar-refractivity contribution in [2.75, 3.05) is 18.1 Å². The molecule has 1 amide bonds. The molecule has 9 heteroatoms. The third-order valence-electron chi connectivity index (χ3n) is 2.23. The molecule has 0 aliphatic carbocycles. The van der Waals surface area contributed by atoms with Crippen LogP contribution in [0, 0.1) is 6.92 Å². The topological polar surface area (TPSA) is 66.4 Å². The summed E-state index contributed by atoms with van der Waals surface area (Å²) in [6, 6.07) is 0. The number of carboxylic acids is 1. The van der Waals surface area contributed by atoms with Gasteiger partial charge in [0.25, 0.3) is 5.91 Å². The zero-order chi connectivity index (χ0) is 15.1. The number of aliphatic carboxylic acids is 1. The van der Waals surface area contributed by atoms with Gasteiger partial charge in [-0.1, -0.05) is 21.6 Å². The third-order valence-corrected chi connectivity index (χ3v) is 7.47. The van der Waals surface area contributed by atoms with Crippen LogP contribution in [0.3, 0.4) is 0 Å². The van der Waals surface area contributed by atoms with Crippen molar-refractivity contribution < 1.29 is 14.7 Å². The number of rotatable bonds is 8. The minimum absolute atomic E-state index is 0.0903. The first-order chi connectivity index (χ1) is 9.43. The molecule has 1 aromatic rings. The Balaban J connectivity index is 2.25. The summed E-state index contributed by atoms with van der Waals surface area (Å²) >= 11 is 8.28. The number of halogens is 2. The zero-order valence-electron chi connectivity index (χ0n) is 10.6. The van der Waals surface area contributed by atoms with Gasteiger partial charge in [-0.15, -0.1) is 11.3 Å². The summed E-state index contributed by atoms with van der Waals surface area (Å²) in [6.07, 6.45) is 0.166. The lowest BCUT2D eigenvalue weighted by molar-refractivity contribution is -0.136. The number of carbonyl (C=O) groups is 2. The largest absolute Gasteiger partial charge is 0.481 e. The van der Waals surface area contributed by atoms with Crippen molar-refractivity contribution >= 4 is 76.7 Å². The lowest BCUT2D eigenvalue weighted by atomic mass is 10.2. The molecule has 0 saturated carbocycles. The number of carbonyl (C=O) groups excluding carboxylic acids is 1. The van der Waals surface area contributed by atoms with Crippen LogP contribution in [0.2, 0.25) is 0 Å². The summed E-state index contributed by atoms with van der Waals surface area (Å²) < 4.78 is 1.77. The molecule has 0 saturated heterocycles. The quantitative estimate of drug-likeness (QED) is 0.448. The number of hydrogen-bond acceptors (Lipinski definition) is 5. The lowest BCUT2D eigenvalue weighted by Gasteiger charge is -2.05. The van der Waals surface area contributed by atoms with Crippen LogP contribution in [-0.4, -0.2) is 35.0 Å². The molecule has 1 rings (SSSR count). The van der Waals surface area contributed by atoms with Crippen molar-refractivity contribution in [1.82, 2.24) is 5.32 Å². The molecule has 2 N–H and O–H groups in total. The highest BCUT2D eigenvalue weighted by atomic mass is 79.9. The van der Waals surface area contributed by atoms with Crippen LogP contribution in [0.1, 0.15) is 22.3 Å². The Kier molecular flexibility index (Phi) is 8.57. The fourth-order valence-corrected chi connectivity index (χ4v) is 6.20. The molecule has 0 aliphatic heterocycles. The molecule has 0 bridgehead atoms. The van der Waals surface area contributed by atoms with Crippen LogP contribution >= 0.6 is 64.8 Å². The van der Waals surface area contributed by atoms with Crippen LogP contribution in [0.5, 0.6) is 0 Å². The predicted octanol–water partition coefficient (Wildman–Crippen LogP) is 4.17. The molecule has 0 spiro atoms. The third kappa shape index (κ3) is 5.97. The Morgan fingerprint density at radius 2 is 1.90 bits per heavy atom. The fraction of sp³-hybridized carbons (Fsp3) is 0.455. The van der Waals surface area contributed by atoms with Crippen molar-refractivity contribution in [2.45, 2.75) is 13.3 Å². The molecule has 0 aliphatic rings. The molecular formula is C11H13Br2NO3S3. The second kappa shape index (κ2) is 9.34. The average molecular weight is 463 g/mol. The molecule has 0 aromatic carbocycles. The van der Waals surface area contributed by atoms with Gasteiger partial charge in [0, 0.05) is 18.1 Å². The van der Waals surface area contributed by atoms with E-state index in [0.717, 1.165) is 18.9 Å². The second-order valence-electron chi connectivity index (χ2n) is 3.69. The predicted molar refractivity (Wildman–Crippen MR) is 94.0 cm³/mol. The molecule has 0 unspecified atom stereocenters. The lowest BCUT2D eigenvalue weighted by Crippen LogP contribution is -2.26. The number of carboxylic acid groups (broad SMARTS) is 1. The molecule has 4 nitrogen and oxygen atoms in total. The maximum atomic E-state index is 12.0. The summed E-state index contributed by atoms with van der Waals surface area (Å²) in [5.41, 5.74) is 1.60. The first-order valence-electron chi connectivity index (χ1n) is 5.62. The smallest absolute Gasteiger partial charge is 0.304 e. The van der Waals surface area contributed by atoms with Crippen LogP contribution in [0.4, 0.5) is 0 Å². The molecule has 0 atom stereocenters. The van der Waals surface area contributed by atoms with Crippen LogP contribution in [0.25, 0.3) is 0 Å². The maximum absolute atomic E-state index is 12.0. The fourth-order valence-electron chi connectivity index (χ4n) is 1.25. The average Bonchev–Trinajstić information content (AvgIpc) is 2.61. The normalized spacial score (nSPS) is 10.6. The summed E-state index contributed by atoms with van der Waals surface area (Å²) in [6.45, 7) is 2.46. The van der Waals surface area contributed by atoms with Gasteiger partial charge >= 0.3 is 5.97 Å². The Bertz CT molecular complexity index is 494. The Labute approximate surface area is 146 Å². The van der Waals surface area contributed by atoms with Crippen molar-refractivity contribution in [3.8, 4) is 0 Å². The molecule has 1 heterocycles. The van der Waals surface area contributed by atoms with Crippen molar-refractivity contribution in [3.63, 3.8) is 0 Å². The molecule has 112 valence electrons. The van der Waals surface area contributed by atoms with Crippen LogP contribution < -0.4 is 5.32 Å². The number of hydrogen-bond donors (Lipinski definition) is 2. The maximum Gasteiger partial charge on any atom is 0.304 e. The highest BCUT2D eigenvalue weighted by molar-refractivity contribution is 9.12. The van der Waals surface area contributed by atoms with Gasteiger partial charge in [-0.2, -0.15) is 0 Å². The Morgan fingerprint density at radius 3 is 2.45 bits per heavy atom. The molecular weight excluding hydrogens is 450 g/mol. The highest BCUT2D eigenvalue weighted by Crippen LogP contribution is 2.36. The van der Waals surface area contributed by atoms with Gasteiger partial charge in [0.1, 0.15) is 0 Å². The Morgan fingerprint density at radius 1 is 1.25 bits per heavy atom. The van der Waals surface area contributed by atoms with E-state index in [1.54, 1.807) is 10.8 Å². The van der Waals surface area contributed by atoms with Crippen molar-refractivity contribution in [1.29, 1.82) is 0 Å². The number of amides is 1. The van der Waals surface area contributed by atoms with Crippen LogP contribution in [0.15, 0.2) is 7.57 Å². The zero-order valence-corrected chi connectivity index (χ0v) is 16.2. The van der Waals surface area contributed by atoms with E-state index in [4.69, 9.17) is 5.11 Å². The standard InChI is InChI=1S/C11H13Br2NO3S3/c1-6-8(10(13)20-9(6)12)11(17)14-3-5-19-18-4-2-7(15)16/h2-5H2,1H3,(H,14,17)(H,15,16). The summed E-state index contributed by atoms with van der Waals surface area (Å²) in [7, 11) is 3.08. The van der Waals surface area contributed by atoms with Crippen LogP contribution in [-0.2, 0) is 4.79 Å². The Hall–Kier alpha value is 0.300. The van der Waals surface area contributed by atoms with Gasteiger partial charge in [-0.05, 0) is 44.3 Å². The summed E-state index contributed by atoms with van der Waals surface area (Å²) in [4.78, 5) is 22.3. The first kappa shape index (κ1) is 18.3. The van der Waals surface area contributed by atoms with E-state index in [9.17, 15) is 9.59 Å². The van der Waals surface area contributed by atoms with Gasteiger partial charge in [-0.3, -0.25) is 9.59 Å². The van der Waals surface area contributed by atoms with E-state index in [1.165, 1.54) is 22.1 Å². The van der Waals surface area contributed by atoms with Gasteiger partial charge in [0.05, 0.1) is 19.6 Å². The monoisotopic (exact) mass is 461 g/mol. The number of thiophene rings is 1. The van der Waals surface area contributed by atoms with E-state index >= 15 is 0 Å². The SMILES string of the molecule is Cc1c(Br)sc(Br)c1C(=O)NCCSSCCC(=O)O. The molecule has 0 fully saturated rings. The number of nitrogens with one attached hydrogen (secondary N) is 1. The van der Waals surface area contributed by atoms with E-state index in [0.29, 0.717) is 17.9 Å². The minimum atomic E-state index is -0.783. The van der Waals surface area contributed by atoms with E-state index in [2.05, 4.69) is 37.2 Å². The minimum Gasteiger partial charge on any atom is -0.481 e. The first-order valence-corrected chi connectivity index (χ1v) is 10.5. The summed E-state index contributed by atoms with van der Waals surface area (Å²) in [5.74, 6) is 0.455. The molecule has 0 radical (unpaired) electrons. The van der Waals surface area contributed by atoms with Gasteiger partial charge in [0.2, 0.25) is 0 Å². The van der Waals surface area contributed by atoms with Gasteiger partial charge < -0.3 is 10.4 Å². The van der Waals surface area contributed by atoms with Crippen molar-refractivity contribution in [2.24, 2.45) is 0 Å². The van der Waals surface area contributed by atoms with E-state index in [1.807, 2.05) is 6.92 Å². The van der Waals surface area contributed by atoms with E-state index < -0.39 is 5.97 Å². The second-order valence-corrected chi connectivity index (χ2v) is 10.1. The molecule has 1 aromatic heterocycles. The van der Waals surface area contributed by atoms with Gasteiger partial charge in [-0.25, -0.2) is 0 Å². The van der Waals surface area contributed by atoms with Gasteiger partial charge in [0.15, 0.2) is 0 Å². The highest BCUT2D eigenvalue weighted by Gasteiger charge is 2.18. The van der Waals surface area contributed by atoms with E-state index in [-0.39, 0.29) is 12.3 Å². The van der Waals surface area contributed by atoms with Crippen molar-refractivity contribution in [3.05, 3.63) is 18.7 Å².